The van der Waals surface area contributed by atoms with Gasteiger partial charge in [0.15, 0.2) is 0 Å². The fourth-order valence-corrected chi connectivity index (χ4v) is 1.40. The lowest BCUT2D eigenvalue weighted by Gasteiger charge is -2.13. The molecule has 0 bridgehead atoms. The van der Waals surface area contributed by atoms with Gasteiger partial charge in [0.1, 0.15) is 5.76 Å². The van der Waals surface area contributed by atoms with Crippen molar-refractivity contribution in [2.75, 3.05) is 0 Å². The minimum atomic E-state index is 0.00111. The summed E-state index contributed by atoms with van der Waals surface area (Å²) >= 11 is 0. The third kappa shape index (κ3) is 3.05. The summed E-state index contributed by atoms with van der Waals surface area (Å²) in [4.78, 5) is 0. The SMILES string of the molecule is [B][B]C(C(/C=C\C=C)=C/C)c1ccco1. The van der Waals surface area contributed by atoms with Crippen LogP contribution >= 0.6 is 0 Å². The molecule has 1 aromatic heterocycles. The van der Waals surface area contributed by atoms with Crippen molar-refractivity contribution in [2.45, 2.75) is 12.7 Å². The predicted octanol–water partition coefficient (Wildman–Crippen LogP) is 2.80. The van der Waals surface area contributed by atoms with Crippen LogP contribution in [0, 0.1) is 0 Å². The van der Waals surface area contributed by atoms with Crippen molar-refractivity contribution in [1.29, 1.82) is 0 Å². The minimum Gasteiger partial charge on any atom is -0.470 e. The van der Waals surface area contributed by atoms with E-state index in [2.05, 4.69) is 6.58 Å². The summed E-state index contributed by atoms with van der Waals surface area (Å²) in [5, 5.41) is 0. The summed E-state index contributed by atoms with van der Waals surface area (Å²) in [6.07, 6.45) is 9.25. The van der Waals surface area contributed by atoms with E-state index < -0.39 is 0 Å². The van der Waals surface area contributed by atoms with Crippen LogP contribution in [-0.4, -0.2) is 14.9 Å². The molecule has 0 aliphatic rings. The van der Waals surface area contributed by atoms with Crippen LogP contribution in [0.5, 0.6) is 0 Å². The van der Waals surface area contributed by atoms with Crippen molar-refractivity contribution in [3.8, 4) is 0 Å². The third-order valence-corrected chi connectivity index (χ3v) is 2.16. The highest BCUT2D eigenvalue weighted by Gasteiger charge is 2.14. The molecular weight excluding hydrogens is 182 g/mol. The molecule has 0 aromatic carbocycles. The molecule has 1 nitrogen and oxygen atoms in total. The molecule has 1 atom stereocenters. The molecule has 1 rings (SSSR count). The number of allylic oxidation sites excluding steroid dienone is 5. The first kappa shape index (κ1) is 11.7. The smallest absolute Gasteiger partial charge is 0.102 e. The molecule has 1 unspecified atom stereocenters. The summed E-state index contributed by atoms with van der Waals surface area (Å²) in [7, 11) is 7.25. The van der Waals surface area contributed by atoms with E-state index in [9.17, 15) is 0 Å². The Morgan fingerprint density at radius 3 is 2.93 bits per heavy atom. The Balaban J connectivity index is 2.90. The number of rotatable bonds is 5. The zero-order valence-electron chi connectivity index (χ0n) is 8.89. The van der Waals surface area contributed by atoms with E-state index in [0.29, 0.717) is 0 Å². The Hall–Kier alpha value is -1.37. The zero-order chi connectivity index (χ0) is 11.1. The molecule has 0 aliphatic carbocycles. The molecule has 0 fully saturated rings. The van der Waals surface area contributed by atoms with Crippen LogP contribution in [0.25, 0.3) is 0 Å². The van der Waals surface area contributed by atoms with Crippen molar-refractivity contribution in [3.63, 3.8) is 0 Å². The van der Waals surface area contributed by atoms with E-state index in [-0.39, 0.29) is 5.82 Å². The lowest BCUT2D eigenvalue weighted by Crippen LogP contribution is -2.09. The Morgan fingerprint density at radius 2 is 2.47 bits per heavy atom. The van der Waals surface area contributed by atoms with Gasteiger partial charge in [0.05, 0.1) is 13.4 Å². The van der Waals surface area contributed by atoms with E-state index in [1.807, 2.05) is 37.3 Å². The molecule has 0 saturated carbocycles. The van der Waals surface area contributed by atoms with Crippen LogP contribution in [0.4, 0.5) is 0 Å². The van der Waals surface area contributed by atoms with Gasteiger partial charge in [-0.1, -0.05) is 36.5 Å². The molecular formula is C12H13B2O. The molecule has 0 spiro atoms. The van der Waals surface area contributed by atoms with Gasteiger partial charge in [-0.2, -0.15) is 0 Å². The van der Waals surface area contributed by atoms with Gasteiger partial charge in [-0.05, 0) is 19.1 Å². The number of furan rings is 1. The minimum absolute atomic E-state index is 0.00111. The lowest BCUT2D eigenvalue weighted by atomic mass is 9.45. The maximum Gasteiger partial charge on any atom is 0.102 e. The van der Waals surface area contributed by atoms with Gasteiger partial charge in [-0.3, -0.25) is 0 Å². The van der Waals surface area contributed by atoms with Crippen LogP contribution < -0.4 is 0 Å². The molecule has 0 aliphatic heterocycles. The summed E-state index contributed by atoms with van der Waals surface area (Å²) in [6.45, 7) is 5.61. The highest BCUT2D eigenvalue weighted by atomic mass is 16.3. The van der Waals surface area contributed by atoms with Crippen molar-refractivity contribution in [2.24, 2.45) is 0 Å². The predicted molar refractivity (Wildman–Crippen MR) is 66.1 cm³/mol. The van der Waals surface area contributed by atoms with Crippen molar-refractivity contribution >= 4 is 14.9 Å². The second-order valence-corrected chi connectivity index (χ2v) is 3.07. The first-order chi connectivity index (χ1) is 7.33. The normalized spacial score (nSPS) is 14.1. The highest BCUT2D eigenvalue weighted by Crippen LogP contribution is 2.24. The molecule has 1 heterocycles. The highest BCUT2D eigenvalue weighted by molar-refractivity contribution is 6.90. The van der Waals surface area contributed by atoms with Crippen molar-refractivity contribution in [3.05, 3.63) is 60.6 Å². The monoisotopic (exact) mass is 195 g/mol. The van der Waals surface area contributed by atoms with Gasteiger partial charge in [0, 0.05) is 13.6 Å². The standard InChI is InChI=1S/C12H13B2O/c1-3-5-7-10(4-2)12(14-13)11-8-6-9-15-11/h3-9,12H,1H2,2H3/b7-5-,10-4+. The Morgan fingerprint density at radius 1 is 1.67 bits per heavy atom. The van der Waals surface area contributed by atoms with Gasteiger partial charge in [0.25, 0.3) is 0 Å². The van der Waals surface area contributed by atoms with Gasteiger partial charge in [0.2, 0.25) is 0 Å². The van der Waals surface area contributed by atoms with Crippen LogP contribution in [0.3, 0.4) is 0 Å². The molecule has 1 aromatic rings. The maximum absolute atomic E-state index is 5.63. The summed E-state index contributed by atoms with van der Waals surface area (Å²) in [5.74, 6) is 0.848. The molecule has 3 radical (unpaired) electrons. The lowest BCUT2D eigenvalue weighted by molar-refractivity contribution is 0.515. The fourth-order valence-electron chi connectivity index (χ4n) is 1.40. The topological polar surface area (TPSA) is 13.1 Å². The second-order valence-electron chi connectivity index (χ2n) is 3.07. The van der Waals surface area contributed by atoms with Gasteiger partial charge in [-0.15, -0.1) is 0 Å². The molecule has 15 heavy (non-hydrogen) atoms. The number of hydrogen-bond donors (Lipinski definition) is 0. The Kier molecular flexibility index (Phi) is 4.82. The van der Waals surface area contributed by atoms with E-state index >= 15 is 0 Å². The van der Waals surface area contributed by atoms with E-state index in [4.69, 9.17) is 12.2 Å². The summed E-state index contributed by atoms with van der Waals surface area (Å²) in [6, 6.07) is 3.77. The van der Waals surface area contributed by atoms with Crippen LogP contribution in [0.2, 0.25) is 0 Å². The van der Waals surface area contributed by atoms with Gasteiger partial charge in [-0.25, -0.2) is 0 Å². The molecule has 0 N–H and O–H groups in total. The number of hydrogen-bond acceptors (Lipinski definition) is 1. The first-order valence-corrected chi connectivity index (χ1v) is 4.87. The fraction of sp³-hybridized carbons (Fsp3) is 0.167. The zero-order valence-corrected chi connectivity index (χ0v) is 8.89. The molecule has 0 saturated heterocycles. The van der Waals surface area contributed by atoms with Gasteiger partial charge >= 0.3 is 0 Å². The third-order valence-electron chi connectivity index (χ3n) is 2.16. The van der Waals surface area contributed by atoms with Crippen LogP contribution in [0.15, 0.2) is 59.3 Å². The average Bonchev–Trinajstić information content (AvgIpc) is 2.77. The molecule has 0 amide bonds. The van der Waals surface area contributed by atoms with Crippen molar-refractivity contribution in [1.82, 2.24) is 0 Å². The van der Waals surface area contributed by atoms with E-state index in [1.165, 1.54) is 0 Å². The first-order valence-electron chi connectivity index (χ1n) is 4.87. The van der Waals surface area contributed by atoms with Crippen molar-refractivity contribution < 1.29 is 4.42 Å². The van der Waals surface area contributed by atoms with Crippen LogP contribution in [0.1, 0.15) is 18.5 Å². The summed E-state index contributed by atoms with van der Waals surface area (Å²) in [5.41, 5.74) is 1.09. The maximum atomic E-state index is 5.63. The van der Waals surface area contributed by atoms with Crippen LogP contribution in [-0.2, 0) is 0 Å². The van der Waals surface area contributed by atoms with E-state index in [1.54, 1.807) is 19.5 Å². The molecule has 73 valence electrons. The van der Waals surface area contributed by atoms with Gasteiger partial charge < -0.3 is 4.42 Å². The Bertz CT molecular complexity index is 350. The second kappa shape index (κ2) is 6.18. The largest absolute Gasteiger partial charge is 0.470 e. The quantitative estimate of drug-likeness (QED) is 0.519. The Labute approximate surface area is 93.2 Å². The summed E-state index contributed by atoms with van der Waals surface area (Å²) < 4.78 is 5.34. The van der Waals surface area contributed by atoms with E-state index in [0.717, 1.165) is 11.3 Å². The molecule has 3 heteroatoms. The average molecular weight is 195 g/mol.